The lowest BCUT2D eigenvalue weighted by atomic mass is 9.66. The van der Waals surface area contributed by atoms with Gasteiger partial charge < -0.3 is 19.5 Å². The lowest BCUT2D eigenvalue weighted by Gasteiger charge is -2.40. The van der Waals surface area contributed by atoms with Gasteiger partial charge in [0.25, 0.3) is 0 Å². The molecule has 5 nitrogen and oxygen atoms in total. The summed E-state index contributed by atoms with van der Waals surface area (Å²) in [6, 6.07) is 6.61. The van der Waals surface area contributed by atoms with Gasteiger partial charge in [0, 0.05) is 6.04 Å². The predicted octanol–water partition coefficient (Wildman–Crippen LogP) is 5.47. The topological polar surface area (TPSA) is 63.5 Å². The molecule has 0 bridgehead atoms. The van der Waals surface area contributed by atoms with E-state index in [0.29, 0.717) is 17.2 Å². The minimum Gasteiger partial charge on any atom is -0.493 e. The maximum absolute atomic E-state index is 10.5. The summed E-state index contributed by atoms with van der Waals surface area (Å²) in [5.74, 6) is 2.66. The van der Waals surface area contributed by atoms with Crippen LogP contribution in [-0.2, 0) is 5.41 Å². The molecule has 168 valence electrons. The summed E-state index contributed by atoms with van der Waals surface area (Å²) in [7, 11) is 4.83. The van der Waals surface area contributed by atoms with Crippen molar-refractivity contribution in [3.8, 4) is 23.3 Å². The second-order valence-corrected chi connectivity index (χ2v) is 8.76. The van der Waals surface area contributed by atoms with Crippen LogP contribution in [-0.4, -0.2) is 33.9 Å². The van der Waals surface area contributed by atoms with Gasteiger partial charge in [-0.1, -0.05) is 52.9 Å². The Morgan fingerprint density at radius 2 is 1.67 bits per heavy atom. The highest BCUT2D eigenvalue weighted by molar-refractivity contribution is 5.57. The third-order valence-corrected chi connectivity index (χ3v) is 6.86. The number of nitriles is 1. The van der Waals surface area contributed by atoms with E-state index in [-0.39, 0.29) is 12.0 Å². The first-order valence-electron chi connectivity index (χ1n) is 11.4. The molecule has 1 N–H and O–H groups in total. The van der Waals surface area contributed by atoms with Gasteiger partial charge in [0.05, 0.1) is 32.8 Å². The third kappa shape index (κ3) is 5.03. The number of hydrogen-bond donors (Lipinski definition) is 1. The van der Waals surface area contributed by atoms with Gasteiger partial charge >= 0.3 is 0 Å². The third-order valence-electron chi connectivity index (χ3n) is 6.86. The largest absolute Gasteiger partial charge is 0.493 e. The first-order valence-corrected chi connectivity index (χ1v) is 11.4. The Hall–Kier alpha value is -1.93. The van der Waals surface area contributed by atoms with Crippen molar-refractivity contribution in [2.45, 2.75) is 77.2 Å². The van der Waals surface area contributed by atoms with Gasteiger partial charge in [-0.2, -0.15) is 5.26 Å². The van der Waals surface area contributed by atoms with E-state index in [9.17, 15) is 5.26 Å². The van der Waals surface area contributed by atoms with Crippen LogP contribution >= 0.6 is 0 Å². The quantitative estimate of drug-likeness (QED) is 0.518. The molecule has 1 fully saturated rings. The highest BCUT2D eigenvalue weighted by Crippen LogP contribution is 2.45. The molecule has 0 spiro atoms. The fourth-order valence-electron chi connectivity index (χ4n) is 5.09. The van der Waals surface area contributed by atoms with Gasteiger partial charge in [0.15, 0.2) is 11.5 Å². The molecule has 1 aliphatic rings. The molecular formula is C25H40N2O3. The number of methoxy groups -OCH3 is 3. The van der Waals surface area contributed by atoms with E-state index >= 15 is 0 Å². The molecule has 1 aromatic carbocycles. The van der Waals surface area contributed by atoms with Gasteiger partial charge in [-0.05, 0) is 48.9 Å². The Morgan fingerprint density at radius 3 is 2.10 bits per heavy atom. The van der Waals surface area contributed by atoms with Crippen LogP contribution in [0.4, 0.5) is 0 Å². The molecule has 5 heteroatoms. The fraction of sp³-hybridized carbons (Fsp3) is 0.720. The SMILES string of the molecule is CCC(NCCC1CCCCC1)C(C#N)(c1cc(OC)c(OC)c(OC)c1)C(C)C. The molecular weight excluding hydrogens is 376 g/mol. The van der Waals surface area contributed by atoms with Crippen LogP contribution in [0.2, 0.25) is 0 Å². The molecule has 2 atom stereocenters. The Kier molecular flexibility index (Phi) is 9.30. The maximum Gasteiger partial charge on any atom is 0.203 e. The van der Waals surface area contributed by atoms with E-state index in [1.54, 1.807) is 21.3 Å². The van der Waals surface area contributed by atoms with Crippen LogP contribution in [0, 0.1) is 23.2 Å². The van der Waals surface area contributed by atoms with Crippen LogP contribution in [0.3, 0.4) is 0 Å². The second-order valence-electron chi connectivity index (χ2n) is 8.76. The van der Waals surface area contributed by atoms with Crippen LogP contribution in [0.25, 0.3) is 0 Å². The molecule has 0 saturated heterocycles. The molecule has 2 rings (SSSR count). The Labute approximate surface area is 183 Å². The average molecular weight is 417 g/mol. The number of nitrogens with zero attached hydrogens (tertiary/aromatic N) is 1. The molecule has 0 radical (unpaired) electrons. The smallest absolute Gasteiger partial charge is 0.203 e. The highest BCUT2D eigenvalue weighted by atomic mass is 16.5. The van der Waals surface area contributed by atoms with Gasteiger partial charge in [-0.25, -0.2) is 0 Å². The Balaban J connectivity index is 2.36. The van der Waals surface area contributed by atoms with E-state index in [0.717, 1.165) is 24.4 Å². The molecule has 2 unspecified atom stereocenters. The maximum atomic E-state index is 10.5. The molecule has 0 amide bonds. The average Bonchev–Trinajstić information content (AvgIpc) is 2.78. The molecule has 1 aliphatic carbocycles. The van der Waals surface area contributed by atoms with Crippen LogP contribution in [0.5, 0.6) is 17.2 Å². The summed E-state index contributed by atoms with van der Waals surface area (Å²) in [4.78, 5) is 0. The Bertz CT molecular complexity index is 682. The van der Waals surface area contributed by atoms with Crippen molar-refractivity contribution in [3.05, 3.63) is 17.7 Å². The van der Waals surface area contributed by atoms with Crippen LogP contribution in [0.1, 0.15) is 71.3 Å². The summed E-state index contributed by atoms with van der Waals surface area (Å²) in [5, 5.41) is 14.3. The highest BCUT2D eigenvalue weighted by Gasteiger charge is 2.44. The van der Waals surface area contributed by atoms with E-state index in [4.69, 9.17) is 14.2 Å². The number of rotatable bonds is 11. The molecule has 0 heterocycles. The van der Waals surface area contributed by atoms with Crippen LogP contribution < -0.4 is 19.5 Å². The molecule has 1 saturated carbocycles. The number of benzene rings is 1. The Morgan fingerprint density at radius 1 is 1.07 bits per heavy atom. The fourth-order valence-corrected chi connectivity index (χ4v) is 5.09. The first kappa shape index (κ1) is 24.3. The summed E-state index contributed by atoms with van der Waals surface area (Å²) < 4.78 is 16.6. The zero-order chi connectivity index (χ0) is 22.1. The number of hydrogen-bond acceptors (Lipinski definition) is 5. The van der Waals surface area contributed by atoms with Crippen molar-refractivity contribution in [2.24, 2.45) is 11.8 Å². The number of ether oxygens (including phenoxy) is 3. The lowest BCUT2D eigenvalue weighted by molar-refractivity contribution is 0.257. The van der Waals surface area contributed by atoms with E-state index in [1.807, 2.05) is 12.1 Å². The van der Waals surface area contributed by atoms with Crippen molar-refractivity contribution in [3.63, 3.8) is 0 Å². The van der Waals surface area contributed by atoms with Gasteiger partial charge in [-0.3, -0.25) is 0 Å². The van der Waals surface area contributed by atoms with Crippen molar-refractivity contribution in [2.75, 3.05) is 27.9 Å². The zero-order valence-corrected chi connectivity index (χ0v) is 19.7. The van der Waals surface area contributed by atoms with E-state index in [2.05, 4.69) is 32.2 Å². The van der Waals surface area contributed by atoms with Crippen molar-refractivity contribution in [1.82, 2.24) is 5.32 Å². The molecule has 1 aromatic rings. The lowest BCUT2D eigenvalue weighted by Crippen LogP contribution is -2.51. The predicted molar refractivity (Wildman–Crippen MR) is 122 cm³/mol. The normalized spacial score (nSPS) is 17.8. The van der Waals surface area contributed by atoms with Crippen molar-refractivity contribution < 1.29 is 14.2 Å². The molecule has 0 aromatic heterocycles. The summed E-state index contributed by atoms with van der Waals surface area (Å²) in [6.07, 6.45) is 8.85. The first-order chi connectivity index (χ1) is 14.5. The van der Waals surface area contributed by atoms with E-state index < -0.39 is 5.41 Å². The molecule has 30 heavy (non-hydrogen) atoms. The minimum absolute atomic E-state index is 0.0360. The standard InChI is InChI=1S/C25H40N2O3/c1-7-23(27-14-13-19-11-9-8-10-12-19)25(17-26,18(2)3)20-15-21(28-4)24(30-6)22(16-20)29-5/h15-16,18-19,23,27H,7-14H2,1-6H3. The van der Waals surface area contributed by atoms with Crippen molar-refractivity contribution in [1.29, 1.82) is 5.26 Å². The van der Waals surface area contributed by atoms with Gasteiger partial charge in [0.1, 0.15) is 0 Å². The molecule has 0 aliphatic heterocycles. The number of nitrogens with one attached hydrogen (secondary N) is 1. The van der Waals surface area contributed by atoms with Crippen molar-refractivity contribution >= 4 is 0 Å². The minimum atomic E-state index is -0.700. The monoisotopic (exact) mass is 416 g/mol. The summed E-state index contributed by atoms with van der Waals surface area (Å²) >= 11 is 0. The van der Waals surface area contributed by atoms with Gasteiger partial charge in [0.2, 0.25) is 5.75 Å². The summed E-state index contributed by atoms with van der Waals surface area (Å²) in [6.45, 7) is 7.35. The summed E-state index contributed by atoms with van der Waals surface area (Å²) in [5.41, 5.74) is 0.209. The van der Waals surface area contributed by atoms with E-state index in [1.165, 1.54) is 38.5 Å². The zero-order valence-electron chi connectivity index (χ0n) is 19.7. The van der Waals surface area contributed by atoms with Gasteiger partial charge in [-0.15, -0.1) is 0 Å². The van der Waals surface area contributed by atoms with Crippen LogP contribution in [0.15, 0.2) is 12.1 Å². The second kappa shape index (κ2) is 11.5.